The van der Waals surface area contributed by atoms with Gasteiger partial charge in [-0.15, -0.1) is 0 Å². The molecule has 0 unspecified atom stereocenters. The molecule has 6 nitrogen and oxygen atoms in total. The van der Waals surface area contributed by atoms with Crippen LogP contribution in [0.1, 0.15) is 0 Å². The van der Waals surface area contributed by atoms with E-state index in [1.165, 1.54) is 28.8 Å². The van der Waals surface area contributed by atoms with E-state index in [1.807, 2.05) is 0 Å². The summed E-state index contributed by atoms with van der Waals surface area (Å²) in [6.07, 6.45) is 0. The van der Waals surface area contributed by atoms with Gasteiger partial charge in [0.2, 0.25) is 5.91 Å². The second-order valence-electron chi connectivity index (χ2n) is 6.56. The third kappa shape index (κ3) is 3.75. The van der Waals surface area contributed by atoms with Crippen LogP contribution in [0.25, 0.3) is 16.6 Å². The van der Waals surface area contributed by atoms with Gasteiger partial charge in [-0.05, 0) is 60.7 Å². The van der Waals surface area contributed by atoms with Crippen molar-refractivity contribution >= 4 is 34.1 Å². The van der Waals surface area contributed by atoms with Gasteiger partial charge in [0.15, 0.2) is 0 Å². The van der Waals surface area contributed by atoms with Crippen LogP contribution in [0.2, 0.25) is 5.02 Å². The van der Waals surface area contributed by atoms with Crippen LogP contribution in [-0.2, 0) is 11.3 Å². The highest BCUT2D eigenvalue weighted by Crippen LogP contribution is 2.14. The molecule has 4 aromatic rings. The van der Waals surface area contributed by atoms with Crippen LogP contribution in [0.15, 0.2) is 82.4 Å². The first-order valence-electron chi connectivity index (χ1n) is 9.00. The molecule has 1 aromatic heterocycles. The van der Waals surface area contributed by atoms with E-state index in [9.17, 15) is 18.8 Å². The summed E-state index contributed by atoms with van der Waals surface area (Å²) < 4.78 is 15.3. The maximum absolute atomic E-state index is 13.2. The quantitative estimate of drug-likeness (QED) is 0.545. The molecule has 1 amide bonds. The minimum absolute atomic E-state index is 0.293. The van der Waals surface area contributed by atoms with Crippen molar-refractivity contribution in [3.8, 4) is 5.69 Å². The van der Waals surface area contributed by atoms with Crippen LogP contribution in [0.4, 0.5) is 10.1 Å². The highest BCUT2D eigenvalue weighted by atomic mass is 35.5. The fourth-order valence-corrected chi connectivity index (χ4v) is 3.29. The molecule has 0 saturated heterocycles. The molecule has 3 aromatic carbocycles. The predicted octanol–water partition coefficient (Wildman–Crippen LogP) is 3.58. The molecule has 1 heterocycles. The number of halogens is 2. The minimum atomic E-state index is -0.657. The minimum Gasteiger partial charge on any atom is -0.325 e. The first kappa shape index (κ1) is 19.6. The van der Waals surface area contributed by atoms with Crippen molar-refractivity contribution in [2.24, 2.45) is 0 Å². The average Bonchev–Trinajstić information content (AvgIpc) is 2.74. The highest BCUT2D eigenvalue weighted by molar-refractivity contribution is 6.30. The van der Waals surface area contributed by atoms with E-state index in [1.54, 1.807) is 48.5 Å². The molecule has 4 rings (SSSR count). The average molecular weight is 424 g/mol. The number of carbonyl (C=O) groups excluding carboxylic acids is 1. The summed E-state index contributed by atoms with van der Waals surface area (Å²) in [5, 5.41) is 3.38. The summed E-state index contributed by atoms with van der Waals surface area (Å²) >= 11 is 5.91. The van der Waals surface area contributed by atoms with Crippen molar-refractivity contribution in [3.05, 3.63) is 104 Å². The van der Waals surface area contributed by atoms with Gasteiger partial charge in [0.1, 0.15) is 12.4 Å². The molecule has 150 valence electrons. The summed E-state index contributed by atoms with van der Waals surface area (Å²) in [6.45, 7) is -0.329. The molecule has 0 bridgehead atoms. The molecule has 0 spiro atoms. The van der Waals surface area contributed by atoms with E-state index in [0.29, 0.717) is 27.3 Å². The standard InChI is InChI=1S/C22H15ClFN3O3/c23-14-5-11-17(12-6-14)27-21(29)18-3-1-2-4-19(18)26(22(27)30)13-20(28)25-16-9-7-15(24)8-10-16/h1-12H,13H2,(H,25,28). The molecule has 0 aliphatic rings. The van der Waals surface area contributed by atoms with Crippen molar-refractivity contribution < 1.29 is 9.18 Å². The second-order valence-corrected chi connectivity index (χ2v) is 6.99. The Morgan fingerprint density at radius 3 is 2.30 bits per heavy atom. The normalized spacial score (nSPS) is 10.9. The van der Waals surface area contributed by atoms with Gasteiger partial charge in [-0.25, -0.2) is 13.8 Å². The summed E-state index contributed by atoms with van der Waals surface area (Å²) in [4.78, 5) is 38.7. The van der Waals surface area contributed by atoms with E-state index in [2.05, 4.69) is 5.32 Å². The van der Waals surface area contributed by atoms with Gasteiger partial charge < -0.3 is 5.32 Å². The Morgan fingerprint density at radius 1 is 0.933 bits per heavy atom. The largest absolute Gasteiger partial charge is 0.336 e. The first-order chi connectivity index (χ1) is 14.4. The molecule has 30 heavy (non-hydrogen) atoms. The number of carbonyl (C=O) groups is 1. The van der Waals surface area contributed by atoms with Gasteiger partial charge in [0.25, 0.3) is 5.56 Å². The molecule has 0 radical (unpaired) electrons. The number of anilines is 1. The number of para-hydroxylation sites is 1. The highest BCUT2D eigenvalue weighted by Gasteiger charge is 2.16. The zero-order chi connectivity index (χ0) is 21.3. The molecule has 8 heteroatoms. The predicted molar refractivity (Wildman–Crippen MR) is 114 cm³/mol. The van der Waals surface area contributed by atoms with Gasteiger partial charge in [0, 0.05) is 10.7 Å². The number of nitrogens with zero attached hydrogens (tertiary/aromatic N) is 2. The fourth-order valence-electron chi connectivity index (χ4n) is 3.17. The number of aromatic nitrogens is 2. The van der Waals surface area contributed by atoms with Crippen LogP contribution >= 0.6 is 11.6 Å². The van der Waals surface area contributed by atoms with Gasteiger partial charge in [-0.2, -0.15) is 0 Å². The van der Waals surface area contributed by atoms with Crippen LogP contribution in [-0.4, -0.2) is 15.0 Å². The zero-order valence-electron chi connectivity index (χ0n) is 15.5. The van der Waals surface area contributed by atoms with Crippen molar-refractivity contribution in [2.45, 2.75) is 6.54 Å². The van der Waals surface area contributed by atoms with Crippen LogP contribution < -0.4 is 16.6 Å². The Labute approximate surface area is 174 Å². The second kappa shape index (κ2) is 7.96. The number of hydrogen-bond acceptors (Lipinski definition) is 3. The Hall–Kier alpha value is -3.71. The van der Waals surface area contributed by atoms with Crippen LogP contribution in [0.3, 0.4) is 0 Å². The number of benzene rings is 3. The van der Waals surface area contributed by atoms with Gasteiger partial charge in [-0.3, -0.25) is 14.2 Å². The smallest absolute Gasteiger partial charge is 0.325 e. The first-order valence-corrected chi connectivity index (χ1v) is 9.38. The topological polar surface area (TPSA) is 73.1 Å². The van der Waals surface area contributed by atoms with E-state index in [0.717, 1.165) is 4.57 Å². The van der Waals surface area contributed by atoms with Crippen LogP contribution in [0, 0.1) is 5.82 Å². The zero-order valence-corrected chi connectivity index (χ0v) is 16.3. The maximum atomic E-state index is 13.2. The summed E-state index contributed by atoms with van der Waals surface area (Å²) in [6, 6.07) is 18.1. The van der Waals surface area contributed by atoms with Crippen LogP contribution in [0.5, 0.6) is 0 Å². The lowest BCUT2D eigenvalue weighted by Gasteiger charge is -2.14. The monoisotopic (exact) mass is 423 g/mol. The molecule has 0 saturated carbocycles. The van der Waals surface area contributed by atoms with Crippen molar-refractivity contribution in [1.29, 1.82) is 0 Å². The lowest BCUT2D eigenvalue weighted by molar-refractivity contribution is -0.116. The number of fused-ring (bicyclic) bond motifs is 1. The molecule has 0 fully saturated rings. The molecule has 0 aliphatic carbocycles. The SMILES string of the molecule is O=C(Cn1c(=O)n(-c2ccc(Cl)cc2)c(=O)c2ccccc21)Nc1ccc(F)cc1. The fraction of sp³-hybridized carbons (Fsp3) is 0.0455. The van der Waals surface area contributed by atoms with Gasteiger partial charge >= 0.3 is 5.69 Å². The Morgan fingerprint density at radius 2 is 1.60 bits per heavy atom. The Bertz CT molecular complexity index is 1360. The maximum Gasteiger partial charge on any atom is 0.336 e. The molecule has 0 aliphatic heterocycles. The number of rotatable bonds is 4. The lowest BCUT2D eigenvalue weighted by atomic mass is 10.2. The summed E-state index contributed by atoms with van der Waals surface area (Å²) in [7, 11) is 0. The van der Waals surface area contributed by atoms with E-state index in [4.69, 9.17) is 11.6 Å². The summed E-state index contributed by atoms with van der Waals surface area (Å²) in [5.41, 5.74) is -0.0759. The molecule has 1 N–H and O–H groups in total. The van der Waals surface area contributed by atoms with E-state index >= 15 is 0 Å². The Balaban J connectivity index is 1.81. The number of hydrogen-bond donors (Lipinski definition) is 1. The van der Waals surface area contributed by atoms with Gasteiger partial charge in [-0.1, -0.05) is 23.7 Å². The number of amides is 1. The Kier molecular flexibility index (Phi) is 5.20. The van der Waals surface area contributed by atoms with E-state index < -0.39 is 23.0 Å². The van der Waals surface area contributed by atoms with E-state index in [-0.39, 0.29) is 6.54 Å². The van der Waals surface area contributed by atoms with Crippen molar-refractivity contribution in [3.63, 3.8) is 0 Å². The summed E-state index contributed by atoms with van der Waals surface area (Å²) in [5.74, 6) is -0.916. The lowest BCUT2D eigenvalue weighted by Crippen LogP contribution is -2.40. The molecule has 0 atom stereocenters. The third-order valence-electron chi connectivity index (χ3n) is 4.57. The van der Waals surface area contributed by atoms with Gasteiger partial charge in [0.05, 0.1) is 16.6 Å². The molecular formula is C22H15ClFN3O3. The third-order valence-corrected chi connectivity index (χ3v) is 4.82. The van der Waals surface area contributed by atoms with Crippen molar-refractivity contribution in [2.75, 3.05) is 5.32 Å². The molecular weight excluding hydrogens is 409 g/mol. The van der Waals surface area contributed by atoms with Crippen molar-refractivity contribution in [1.82, 2.24) is 9.13 Å². The number of nitrogens with one attached hydrogen (secondary N) is 1.